The van der Waals surface area contributed by atoms with Gasteiger partial charge in [0.2, 0.25) is 0 Å². The number of pyridine rings is 1. The van der Waals surface area contributed by atoms with Crippen LogP contribution in [0.4, 0.5) is 5.82 Å². The molecule has 0 radical (unpaired) electrons. The Balaban J connectivity index is 1.47. The topological polar surface area (TPSA) is 53.9 Å². The van der Waals surface area contributed by atoms with Crippen LogP contribution in [0.25, 0.3) is 11.2 Å². The average Bonchev–Trinajstić information content (AvgIpc) is 2.52. The van der Waals surface area contributed by atoms with E-state index < -0.39 is 0 Å². The molecule has 3 heterocycles. The monoisotopic (exact) mass is 271 g/mol. The number of likely N-dealkylation sites (tertiary alicyclic amines) is 1. The molecule has 1 aliphatic rings. The van der Waals surface area contributed by atoms with Crippen molar-refractivity contribution in [3.8, 4) is 0 Å². The van der Waals surface area contributed by atoms with Crippen molar-refractivity contribution in [1.82, 2.24) is 19.9 Å². The van der Waals surface area contributed by atoms with Crippen molar-refractivity contribution in [2.75, 3.05) is 31.5 Å². The zero-order chi connectivity index (χ0) is 13.6. The molecule has 0 atom stereocenters. The lowest BCUT2D eigenvalue weighted by atomic mass is 10.1. The highest BCUT2D eigenvalue weighted by Crippen LogP contribution is 2.11. The molecule has 0 aromatic carbocycles. The highest BCUT2D eigenvalue weighted by Gasteiger charge is 2.08. The third-order valence-electron chi connectivity index (χ3n) is 3.74. The Morgan fingerprint density at radius 3 is 2.80 bits per heavy atom. The summed E-state index contributed by atoms with van der Waals surface area (Å²) in [6, 6.07) is 3.93. The fourth-order valence-corrected chi connectivity index (χ4v) is 2.65. The van der Waals surface area contributed by atoms with Crippen LogP contribution in [0, 0.1) is 0 Å². The summed E-state index contributed by atoms with van der Waals surface area (Å²) < 4.78 is 0. The summed E-state index contributed by atoms with van der Waals surface area (Å²) in [6.45, 7) is 4.67. The van der Waals surface area contributed by atoms with Crippen LogP contribution in [-0.2, 0) is 0 Å². The van der Waals surface area contributed by atoms with E-state index in [4.69, 9.17) is 0 Å². The number of anilines is 1. The van der Waals surface area contributed by atoms with Gasteiger partial charge in [-0.1, -0.05) is 6.42 Å². The van der Waals surface area contributed by atoms with E-state index in [2.05, 4.69) is 25.2 Å². The average molecular weight is 271 g/mol. The standard InChI is InChI=1S/C15H21N5/c1-2-10-20(11-3-1)12-4-7-17-14-6-5-13-15(19-14)18-9-8-16-13/h5-6,8-9H,1-4,7,10-12H2,(H,17,18,19). The van der Waals surface area contributed by atoms with Gasteiger partial charge in [-0.25, -0.2) is 9.97 Å². The van der Waals surface area contributed by atoms with Crippen LogP contribution in [-0.4, -0.2) is 46.0 Å². The van der Waals surface area contributed by atoms with Crippen LogP contribution >= 0.6 is 0 Å². The van der Waals surface area contributed by atoms with Crippen LogP contribution < -0.4 is 5.32 Å². The SMILES string of the molecule is c1cnc2nc(NCCCN3CCCCC3)ccc2n1. The van der Waals surface area contributed by atoms with Gasteiger partial charge in [-0.3, -0.25) is 4.98 Å². The molecule has 0 unspecified atom stereocenters. The van der Waals surface area contributed by atoms with Crippen LogP contribution in [0.3, 0.4) is 0 Å². The predicted octanol–water partition coefficient (Wildman–Crippen LogP) is 2.31. The molecule has 2 aromatic rings. The summed E-state index contributed by atoms with van der Waals surface area (Å²) >= 11 is 0. The number of fused-ring (bicyclic) bond motifs is 1. The van der Waals surface area contributed by atoms with Crippen molar-refractivity contribution in [3.63, 3.8) is 0 Å². The first-order valence-corrected chi connectivity index (χ1v) is 7.46. The van der Waals surface area contributed by atoms with Crippen LogP contribution in [0.2, 0.25) is 0 Å². The minimum Gasteiger partial charge on any atom is -0.370 e. The number of piperidine rings is 1. The van der Waals surface area contributed by atoms with Gasteiger partial charge in [-0.05, 0) is 51.0 Å². The molecule has 1 aliphatic heterocycles. The van der Waals surface area contributed by atoms with E-state index in [0.717, 1.165) is 24.3 Å². The number of aromatic nitrogens is 3. The number of hydrogen-bond donors (Lipinski definition) is 1. The van der Waals surface area contributed by atoms with Crippen molar-refractivity contribution in [1.29, 1.82) is 0 Å². The molecule has 106 valence electrons. The zero-order valence-electron chi connectivity index (χ0n) is 11.8. The van der Waals surface area contributed by atoms with Gasteiger partial charge >= 0.3 is 0 Å². The summed E-state index contributed by atoms with van der Waals surface area (Å²) in [4.78, 5) is 15.5. The largest absolute Gasteiger partial charge is 0.370 e. The van der Waals surface area contributed by atoms with Crippen LogP contribution in [0.5, 0.6) is 0 Å². The Morgan fingerprint density at radius 2 is 1.90 bits per heavy atom. The van der Waals surface area contributed by atoms with Gasteiger partial charge in [0, 0.05) is 18.9 Å². The first-order valence-electron chi connectivity index (χ1n) is 7.46. The predicted molar refractivity (Wildman–Crippen MR) is 80.7 cm³/mol. The second-order valence-corrected chi connectivity index (χ2v) is 5.28. The van der Waals surface area contributed by atoms with Gasteiger partial charge in [-0.2, -0.15) is 0 Å². The van der Waals surface area contributed by atoms with Gasteiger partial charge in [0.25, 0.3) is 0 Å². The molecular weight excluding hydrogens is 250 g/mol. The highest BCUT2D eigenvalue weighted by atomic mass is 15.1. The van der Waals surface area contributed by atoms with E-state index in [0.29, 0.717) is 5.65 Å². The van der Waals surface area contributed by atoms with E-state index in [9.17, 15) is 0 Å². The van der Waals surface area contributed by atoms with Crippen molar-refractivity contribution < 1.29 is 0 Å². The van der Waals surface area contributed by atoms with Crippen molar-refractivity contribution >= 4 is 17.0 Å². The second-order valence-electron chi connectivity index (χ2n) is 5.28. The van der Waals surface area contributed by atoms with Gasteiger partial charge in [-0.15, -0.1) is 0 Å². The normalized spacial score (nSPS) is 16.4. The molecule has 5 nitrogen and oxygen atoms in total. The third kappa shape index (κ3) is 3.42. The first kappa shape index (κ1) is 13.2. The van der Waals surface area contributed by atoms with E-state index in [1.54, 1.807) is 12.4 Å². The van der Waals surface area contributed by atoms with Gasteiger partial charge in [0.1, 0.15) is 11.3 Å². The summed E-state index contributed by atoms with van der Waals surface area (Å²) in [5.74, 6) is 0.886. The van der Waals surface area contributed by atoms with Gasteiger partial charge < -0.3 is 10.2 Å². The molecule has 5 heteroatoms. The summed E-state index contributed by atoms with van der Waals surface area (Å²) in [7, 11) is 0. The van der Waals surface area contributed by atoms with Crippen molar-refractivity contribution in [3.05, 3.63) is 24.5 Å². The summed E-state index contributed by atoms with van der Waals surface area (Å²) in [5, 5.41) is 3.37. The maximum absolute atomic E-state index is 4.46. The smallest absolute Gasteiger partial charge is 0.180 e. The fourth-order valence-electron chi connectivity index (χ4n) is 2.65. The van der Waals surface area contributed by atoms with Gasteiger partial charge in [0.15, 0.2) is 5.65 Å². The molecule has 0 saturated carbocycles. The molecule has 1 saturated heterocycles. The minimum absolute atomic E-state index is 0.702. The van der Waals surface area contributed by atoms with E-state index in [1.165, 1.54) is 38.9 Å². The number of nitrogens with one attached hydrogen (secondary N) is 1. The van der Waals surface area contributed by atoms with E-state index >= 15 is 0 Å². The molecule has 20 heavy (non-hydrogen) atoms. The summed E-state index contributed by atoms with van der Waals surface area (Å²) in [6.07, 6.45) is 8.64. The highest BCUT2D eigenvalue weighted by molar-refractivity contribution is 5.71. The molecule has 1 fully saturated rings. The minimum atomic E-state index is 0.702. The summed E-state index contributed by atoms with van der Waals surface area (Å²) in [5.41, 5.74) is 1.54. The first-order chi connectivity index (χ1) is 9.92. The van der Waals surface area contributed by atoms with Crippen molar-refractivity contribution in [2.24, 2.45) is 0 Å². The van der Waals surface area contributed by atoms with Crippen LogP contribution in [0.15, 0.2) is 24.5 Å². The number of hydrogen-bond acceptors (Lipinski definition) is 5. The van der Waals surface area contributed by atoms with Gasteiger partial charge in [0.05, 0.1) is 0 Å². The maximum atomic E-state index is 4.46. The molecule has 1 N–H and O–H groups in total. The Kier molecular flexibility index (Phi) is 4.38. The molecule has 0 bridgehead atoms. The fraction of sp³-hybridized carbons (Fsp3) is 0.533. The third-order valence-corrected chi connectivity index (χ3v) is 3.74. The number of nitrogens with zero attached hydrogens (tertiary/aromatic N) is 4. The second kappa shape index (κ2) is 6.61. The molecule has 0 spiro atoms. The molecular formula is C15H21N5. The van der Waals surface area contributed by atoms with Crippen molar-refractivity contribution in [2.45, 2.75) is 25.7 Å². The van der Waals surface area contributed by atoms with E-state index in [1.807, 2.05) is 12.1 Å². The molecule has 3 rings (SSSR count). The lowest BCUT2D eigenvalue weighted by molar-refractivity contribution is 0.228. The van der Waals surface area contributed by atoms with Crippen LogP contribution in [0.1, 0.15) is 25.7 Å². The quantitative estimate of drug-likeness (QED) is 0.846. The maximum Gasteiger partial charge on any atom is 0.180 e. The van der Waals surface area contributed by atoms with E-state index in [-0.39, 0.29) is 0 Å². The Hall–Kier alpha value is -1.75. The Labute approximate surface area is 119 Å². The molecule has 0 amide bonds. The molecule has 0 aliphatic carbocycles. The Morgan fingerprint density at radius 1 is 1.05 bits per heavy atom. The molecule has 2 aromatic heterocycles. The number of rotatable bonds is 5. The lowest BCUT2D eigenvalue weighted by Gasteiger charge is -2.26. The lowest BCUT2D eigenvalue weighted by Crippen LogP contribution is -2.31. The Bertz CT molecular complexity index is 551. The zero-order valence-corrected chi connectivity index (χ0v) is 11.8.